The summed E-state index contributed by atoms with van der Waals surface area (Å²) in [6.45, 7) is 0.828. The number of hydrogen-bond acceptors (Lipinski definition) is 4. The number of hydrogen-bond donors (Lipinski definition) is 2. The third-order valence-corrected chi connectivity index (χ3v) is 2.47. The zero-order valence-electron chi connectivity index (χ0n) is 11.5. The molecule has 5 nitrogen and oxygen atoms in total. The number of benzene rings is 1. The zero-order chi connectivity index (χ0) is 13.4. The van der Waals surface area contributed by atoms with Crippen molar-refractivity contribution in [3.8, 4) is 11.5 Å². The summed E-state index contributed by atoms with van der Waals surface area (Å²) < 4.78 is 10.3. The zero-order valence-corrected chi connectivity index (χ0v) is 12.3. The first-order chi connectivity index (χ1) is 8.69. The Kier molecular flexibility index (Phi) is 8.74. The molecule has 0 heterocycles. The van der Waals surface area contributed by atoms with Crippen molar-refractivity contribution in [2.75, 3.05) is 33.1 Å². The molecule has 0 unspecified atom stereocenters. The molecule has 0 saturated heterocycles. The molecular weight excluding hydrogens is 268 g/mol. The highest BCUT2D eigenvalue weighted by molar-refractivity contribution is 5.91. The van der Waals surface area contributed by atoms with Gasteiger partial charge < -0.3 is 20.1 Å². The Hall–Kier alpha value is -1.46. The Morgan fingerprint density at radius 1 is 1.16 bits per heavy atom. The van der Waals surface area contributed by atoms with Gasteiger partial charge in [-0.15, -0.1) is 12.4 Å². The van der Waals surface area contributed by atoms with Gasteiger partial charge in [-0.05, 0) is 20.0 Å². The van der Waals surface area contributed by atoms with Crippen LogP contribution in [0.1, 0.15) is 12.8 Å². The SMILES string of the molecule is CNCCCC(=O)Nc1cc(OC)cc(OC)c1.Cl. The van der Waals surface area contributed by atoms with Crippen molar-refractivity contribution in [3.63, 3.8) is 0 Å². The summed E-state index contributed by atoms with van der Waals surface area (Å²) in [7, 11) is 5.02. The van der Waals surface area contributed by atoms with Crippen LogP contribution in [-0.4, -0.2) is 33.7 Å². The molecule has 0 aromatic heterocycles. The van der Waals surface area contributed by atoms with E-state index in [2.05, 4.69) is 10.6 Å². The fourth-order valence-corrected chi connectivity index (χ4v) is 1.53. The van der Waals surface area contributed by atoms with Crippen molar-refractivity contribution in [2.24, 2.45) is 0 Å². The summed E-state index contributed by atoms with van der Waals surface area (Å²) in [5, 5.41) is 5.83. The van der Waals surface area contributed by atoms with Gasteiger partial charge in [-0.2, -0.15) is 0 Å². The van der Waals surface area contributed by atoms with Crippen molar-refractivity contribution in [3.05, 3.63) is 18.2 Å². The number of carbonyl (C=O) groups excluding carboxylic acids is 1. The molecule has 0 atom stereocenters. The lowest BCUT2D eigenvalue weighted by molar-refractivity contribution is -0.116. The second-order valence-corrected chi connectivity index (χ2v) is 3.86. The van der Waals surface area contributed by atoms with Gasteiger partial charge in [-0.25, -0.2) is 0 Å². The molecule has 0 fully saturated rings. The van der Waals surface area contributed by atoms with Crippen molar-refractivity contribution < 1.29 is 14.3 Å². The van der Waals surface area contributed by atoms with E-state index < -0.39 is 0 Å². The summed E-state index contributed by atoms with van der Waals surface area (Å²) >= 11 is 0. The molecule has 0 aliphatic heterocycles. The van der Waals surface area contributed by atoms with Gasteiger partial charge in [0.15, 0.2) is 0 Å². The second kappa shape index (κ2) is 9.47. The molecule has 108 valence electrons. The average molecular weight is 289 g/mol. The normalized spacial score (nSPS) is 9.42. The maximum absolute atomic E-state index is 11.7. The van der Waals surface area contributed by atoms with E-state index in [1.165, 1.54) is 0 Å². The van der Waals surface area contributed by atoms with Crippen LogP contribution >= 0.6 is 12.4 Å². The third-order valence-electron chi connectivity index (χ3n) is 2.47. The molecule has 0 radical (unpaired) electrons. The molecule has 0 aliphatic rings. The minimum atomic E-state index is -0.0134. The topological polar surface area (TPSA) is 59.6 Å². The molecule has 1 rings (SSSR count). The fraction of sp³-hybridized carbons (Fsp3) is 0.462. The van der Waals surface area contributed by atoms with E-state index in [-0.39, 0.29) is 18.3 Å². The Morgan fingerprint density at radius 3 is 2.21 bits per heavy atom. The van der Waals surface area contributed by atoms with Gasteiger partial charge in [0.25, 0.3) is 0 Å². The lowest BCUT2D eigenvalue weighted by Crippen LogP contribution is -2.15. The van der Waals surface area contributed by atoms with Crippen LogP contribution in [0.3, 0.4) is 0 Å². The van der Waals surface area contributed by atoms with Crippen molar-refractivity contribution >= 4 is 24.0 Å². The molecule has 0 bridgehead atoms. The molecule has 1 amide bonds. The maximum atomic E-state index is 11.7. The number of anilines is 1. The minimum Gasteiger partial charge on any atom is -0.497 e. The Bertz CT molecular complexity index is 377. The molecule has 0 saturated carbocycles. The van der Waals surface area contributed by atoms with Crippen LogP contribution in [0.25, 0.3) is 0 Å². The molecule has 0 aliphatic carbocycles. The summed E-state index contributed by atoms with van der Waals surface area (Å²) in [6.07, 6.45) is 1.30. The smallest absolute Gasteiger partial charge is 0.224 e. The molecule has 2 N–H and O–H groups in total. The Balaban J connectivity index is 0.00000324. The third kappa shape index (κ3) is 6.31. The summed E-state index contributed by atoms with van der Waals surface area (Å²) in [5.41, 5.74) is 0.681. The highest BCUT2D eigenvalue weighted by Crippen LogP contribution is 2.25. The highest BCUT2D eigenvalue weighted by atomic mass is 35.5. The highest BCUT2D eigenvalue weighted by Gasteiger charge is 2.05. The van der Waals surface area contributed by atoms with Crippen LogP contribution in [0.15, 0.2) is 18.2 Å². The van der Waals surface area contributed by atoms with Crippen LogP contribution in [-0.2, 0) is 4.79 Å². The average Bonchev–Trinajstić information content (AvgIpc) is 2.38. The number of nitrogens with one attached hydrogen (secondary N) is 2. The minimum absolute atomic E-state index is 0. The number of ether oxygens (including phenoxy) is 2. The molecule has 6 heteroatoms. The van der Waals surface area contributed by atoms with Gasteiger partial charge in [0.1, 0.15) is 11.5 Å². The van der Waals surface area contributed by atoms with Crippen LogP contribution in [0.4, 0.5) is 5.69 Å². The van der Waals surface area contributed by atoms with Gasteiger partial charge in [-0.1, -0.05) is 0 Å². The lowest BCUT2D eigenvalue weighted by Gasteiger charge is -2.09. The number of rotatable bonds is 7. The Labute approximate surface area is 120 Å². The number of methoxy groups -OCH3 is 2. The predicted octanol–water partition coefficient (Wildman–Crippen LogP) is 2.06. The quantitative estimate of drug-likeness (QED) is 0.754. The van der Waals surface area contributed by atoms with Crippen LogP contribution in [0, 0.1) is 0 Å². The molecule has 0 spiro atoms. The maximum Gasteiger partial charge on any atom is 0.224 e. The first-order valence-corrected chi connectivity index (χ1v) is 5.87. The van der Waals surface area contributed by atoms with E-state index in [1.807, 2.05) is 7.05 Å². The standard InChI is InChI=1S/C13H20N2O3.ClH/c1-14-6-4-5-13(16)15-10-7-11(17-2)9-12(8-10)18-3;/h7-9,14H,4-6H2,1-3H3,(H,15,16);1H. The van der Waals surface area contributed by atoms with Crippen LogP contribution in [0.2, 0.25) is 0 Å². The van der Waals surface area contributed by atoms with Gasteiger partial charge >= 0.3 is 0 Å². The van der Waals surface area contributed by atoms with E-state index in [9.17, 15) is 4.79 Å². The molecule has 1 aromatic carbocycles. The number of amides is 1. The molecular formula is C13H21ClN2O3. The summed E-state index contributed by atoms with van der Waals surface area (Å²) in [6, 6.07) is 5.29. The van der Waals surface area contributed by atoms with E-state index in [0.29, 0.717) is 23.6 Å². The van der Waals surface area contributed by atoms with Gasteiger partial charge in [-0.3, -0.25) is 4.79 Å². The van der Waals surface area contributed by atoms with Crippen molar-refractivity contribution in [1.29, 1.82) is 0 Å². The van der Waals surface area contributed by atoms with Gasteiger partial charge in [0.2, 0.25) is 5.91 Å². The monoisotopic (exact) mass is 288 g/mol. The lowest BCUT2D eigenvalue weighted by atomic mass is 10.2. The van der Waals surface area contributed by atoms with E-state index in [0.717, 1.165) is 13.0 Å². The first kappa shape index (κ1) is 17.5. The van der Waals surface area contributed by atoms with Crippen LogP contribution < -0.4 is 20.1 Å². The number of halogens is 1. The van der Waals surface area contributed by atoms with Gasteiger partial charge in [0, 0.05) is 30.3 Å². The predicted molar refractivity (Wildman–Crippen MR) is 78.6 cm³/mol. The van der Waals surface area contributed by atoms with Crippen molar-refractivity contribution in [1.82, 2.24) is 5.32 Å². The van der Waals surface area contributed by atoms with Crippen LogP contribution in [0.5, 0.6) is 11.5 Å². The van der Waals surface area contributed by atoms with E-state index in [4.69, 9.17) is 9.47 Å². The number of carbonyl (C=O) groups is 1. The van der Waals surface area contributed by atoms with E-state index in [1.54, 1.807) is 32.4 Å². The summed E-state index contributed by atoms with van der Waals surface area (Å²) in [4.78, 5) is 11.7. The van der Waals surface area contributed by atoms with E-state index >= 15 is 0 Å². The largest absolute Gasteiger partial charge is 0.497 e. The summed E-state index contributed by atoms with van der Waals surface area (Å²) in [5.74, 6) is 1.29. The van der Waals surface area contributed by atoms with Crippen molar-refractivity contribution in [2.45, 2.75) is 12.8 Å². The molecule has 19 heavy (non-hydrogen) atoms. The fourth-order valence-electron chi connectivity index (χ4n) is 1.53. The first-order valence-electron chi connectivity index (χ1n) is 5.87. The Morgan fingerprint density at radius 2 is 1.74 bits per heavy atom. The molecule has 1 aromatic rings. The second-order valence-electron chi connectivity index (χ2n) is 3.86. The van der Waals surface area contributed by atoms with Gasteiger partial charge in [0.05, 0.1) is 14.2 Å².